The number of anilines is 1. The summed E-state index contributed by atoms with van der Waals surface area (Å²) in [5.41, 5.74) is 4.93. The Morgan fingerprint density at radius 1 is 1.03 bits per heavy atom. The van der Waals surface area contributed by atoms with Gasteiger partial charge in [-0.1, -0.05) is 48.5 Å². The lowest BCUT2D eigenvalue weighted by molar-refractivity contribution is -0.386. The molecule has 9 heteroatoms. The summed E-state index contributed by atoms with van der Waals surface area (Å²) in [5.74, 6) is 0.575. The van der Waals surface area contributed by atoms with E-state index in [9.17, 15) is 14.9 Å². The fourth-order valence-corrected chi connectivity index (χ4v) is 4.86. The molecule has 4 aromatic rings. The summed E-state index contributed by atoms with van der Waals surface area (Å²) < 4.78 is 7.22. The van der Waals surface area contributed by atoms with Crippen molar-refractivity contribution in [2.75, 3.05) is 12.4 Å². The van der Waals surface area contributed by atoms with E-state index in [1.54, 1.807) is 25.6 Å². The van der Waals surface area contributed by atoms with E-state index >= 15 is 0 Å². The molecule has 0 aliphatic carbocycles. The summed E-state index contributed by atoms with van der Waals surface area (Å²) in [6.45, 7) is 4.03. The Morgan fingerprint density at radius 3 is 2.46 bits per heavy atom. The summed E-state index contributed by atoms with van der Waals surface area (Å²) in [4.78, 5) is 26.5. The molecule has 5 rings (SSSR count). The lowest BCUT2D eigenvalue weighted by Gasteiger charge is -2.38. The van der Waals surface area contributed by atoms with E-state index in [4.69, 9.17) is 4.74 Å². The number of benzene rings is 3. The minimum atomic E-state index is -0.429. The molecule has 2 heterocycles. The molecule has 9 nitrogen and oxygen atoms in total. The average Bonchev–Trinajstić information content (AvgIpc) is 3.18. The van der Waals surface area contributed by atoms with E-state index in [0.29, 0.717) is 29.2 Å². The number of carbonyl (C=O) groups is 1. The molecule has 0 unspecified atom stereocenters. The molecule has 0 saturated heterocycles. The quantitative estimate of drug-likeness (QED) is 0.277. The van der Waals surface area contributed by atoms with Gasteiger partial charge in [-0.2, -0.15) is 5.10 Å². The van der Waals surface area contributed by atoms with Crippen LogP contribution in [-0.4, -0.2) is 32.6 Å². The zero-order valence-corrected chi connectivity index (χ0v) is 20.8. The molecular weight excluding hydrogens is 470 g/mol. The van der Waals surface area contributed by atoms with Gasteiger partial charge in [-0.15, -0.1) is 0 Å². The van der Waals surface area contributed by atoms with Gasteiger partial charge in [-0.05, 0) is 49.2 Å². The Kier molecular flexibility index (Phi) is 6.35. The number of aryl methyl sites for hydroxylation is 1. The van der Waals surface area contributed by atoms with Gasteiger partial charge in [0.1, 0.15) is 23.3 Å². The first-order valence-corrected chi connectivity index (χ1v) is 11.9. The largest absolute Gasteiger partial charge is 0.496 e. The zero-order valence-electron chi connectivity index (χ0n) is 20.8. The van der Waals surface area contributed by atoms with Crippen molar-refractivity contribution in [1.29, 1.82) is 0 Å². The van der Waals surface area contributed by atoms with E-state index in [1.165, 1.54) is 0 Å². The number of ether oxygens (including phenoxy) is 1. The molecule has 1 amide bonds. The smallest absolute Gasteiger partial charge is 0.312 e. The maximum atomic E-state index is 13.6. The van der Waals surface area contributed by atoms with E-state index in [2.05, 4.69) is 10.4 Å². The molecule has 188 valence electrons. The fourth-order valence-electron chi connectivity index (χ4n) is 4.86. The highest BCUT2D eigenvalue weighted by Gasteiger charge is 2.33. The van der Waals surface area contributed by atoms with Crippen LogP contribution in [0.3, 0.4) is 0 Å². The number of rotatable bonds is 7. The molecule has 0 fully saturated rings. The van der Waals surface area contributed by atoms with Crippen LogP contribution in [0.1, 0.15) is 44.6 Å². The number of nitro groups is 1. The third kappa shape index (κ3) is 4.51. The first kappa shape index (κ1) is 24.1. The van der Waals surface area contributed by atoms with Crippen molar-refractivity contribution < 1.29 is 14.5 Å². The van der Waals surface area contributed by atoms with Crippen LogP contribution in [0.15, 0.2) is 72.8 Å². The molecule has 1 N–H and O–H groups in total. The van der Waals surface area contributed by atoms with Gasteiger partial charge in [-0.3, -0.25) is 19.6 Å². The molecule has 0 bridgehead atoms. The van der Waals surface area contributed by atoms with Gasteiger partial charge < -0.3 is 15.0 Å². The lowest BCUT2D eigenvalue weighted by Crippen LogP contribution is -2.42. The number of para-hydroxylation sites is 1. The van der Waals surface area contributed by atoms with Gasteiger partial charge in [0.25, 0.3) is 5.91 Å². The van der Waals surface area contributed by atoms with E-state index < -0.39 is 11.1 Å². The van der Waals surface area contributed by atoms with Gasteiger partial charge in [0.2, 0.25) is 0 Å². The molecule has 0 spiro atoms. The van der Waals surface area contributed by atoms with Crippen LogP contribution in [-0.2, 0) is 13.1 Å². The molecule has 37 heavy (non-hydrogen) atoms. The molecule has 1 aliphatic rings. The minimum absolute atomic E-state index is 0.0142. The van der Waals surface area contributed by atoms with Gasteiger partial charge in [0.05, 0.1) is 24.1 Å². The standard InChI is InChI=1S/C28H27N5O4/c1-18-26(33(35)36)19(2)32(30-18)17-22-15-21(13-14-25(22)37-3)27-29-24-12-8-7-11-23(24)28(34)31(27)16-20-9-5-4-6-10-20/h4-15,27,29H,16-17H2,1-3H3/t27-/m1/s1. The SMILES string of the molecule is COc1ccc([C@@H]2Nc3ccccc3C(=O)N2Cc2ccccc2)cc1Cn1nc(C)c([N+](=O)[O-])c1C. The maximum Gasteiger partial charge on any atom is 0.312 e. The van der Waals surface area contributed by atoms with Gasteiger partial charge in [0, 0.05) is 17.8 Å². The average molecular weight is 498 g/mol. The van der Waals surface area contributed by atoms with Crippen molar-refractivity contribution in [3.05, 3.63) is 117 Å². The van der Waals surface area contributed by atoms with Crippen molar-refractivity contribution in [3.63, 3.8) is 0 Å². The molecular formula is C28H27N5O4. The normalized spacial score (nSPS) is 14.7. The second kappa shape index (κ2) is 9.77. The summed E-state index contributed by atoms with van der Waals surface area (Å²) in [5, 5.41) is 19.4. The Morgan fingerprint density at radius 2 is 1.76 bits per heavy atom. The van der Waals surface area contributed by atoms with Crippen LogP contribution in [0.5, 0.6) is 5.75 Å². The predicted molar refractivity (Wildman–Crippen MR) is 140 cm³/mol. The summed E-state index contributed by atoms with van der Waals surface area (Å²) in [6, 6.07) is 23.1. The lowest BCUT2D eigenvalue weighted by atomic mass is 10.0. The third-order valence-corrected chi connectivity index (χ3v) is 6.68. The number of fused-ring (bicyclic) bond motifs is 1. The van der Waals surface area contributed by atoms with Crippen molar-refractivity contribution in [2.45, 2.75) is 33.1 Å². The van der Waals surface area contributed by atoms with Crippen molar-refractivity contribution in [1.82, 2.24) is 14.7 Å². The van der Waals surface area contributed by atoms with Gasteiger partial charge in [0.15, 0.2) is 0 Å². The van der Waals surface area contributed by atoms with Crippen LogP contribution in [0, 0.1) is 24.0 Å². The Bertz CT molecular complexity index is 1480. The first-order valence-electron chi connectivity index (χ1n) is 11.9. The number of hydrogen-bond acceptors (Lipinski definition) is 6. The van der Waals surface area contributed by atoms with Crippen LogP contribution < -0.4 is 10.1 Å². The first-order chi connectivity index (χ1) is 17.9. The Labute approximate surface area is 214 Å². The van der Waals surface area contributed by atoms with Crippen LogP contribution >= 0.6 is 0 Å². The van der Waals surface area contributed by atoms with Crippen LogP contribution in [0.4, 0.5) is 11.4 Å². The molecule has 1 aromatic heterocycles. The molecule has 1 aliphatic heterocycles. The number of nitrogens with one attached hydrogen (secondary N) is 1. The van der Waals surface area contributed by atoms with Crippen molar-refractivity contribution >= 4 is 17.3 Å². The zero-order chi connectivity index (χ0) is 26.1. The number of carbonyl (C=O) groups excluding carboxylic acids is 1. The maximum absolute atomic E-state index is 13.6. The van der Waals surface area contributed by atoms with Gasteiger partial charge in [-0.25, -0.2) is 0 Å². The fraction of sp³-hybridized carbons (Fsp3) is 0.214. The van der Waals surface area contributed by atoms with Crippen LogP contribution in [0.2, 0.25) is 0 Å². The predicted octanol–water partition coefficient (Wildman–Crippen LogP) is 5.23. The molecule has 0 saturated carbocycles. The Hall–Kier alpha value is -4.66. The number of hydrogen-bond donors (Lipinski definition) is 1. The number of aromatic nitrogens is 2. The van der Waals surface area contributed by atoms with E-state index in [-0.39, 0.29) is 18.1 Å². The summed E-state index contributed by atoms with van der Waals surface area (Å²) in [6.07, 6.45) is -0.429. The molecule has 3 aromatic carbocycles. The second-order valence-electron chi connectivity index (χ2n) is 9.02. The Balaban J connectivity index is 1.55. The highest BCUT2D eigenvalue weighted by atomic mass is 16.6. The van der Waals surface area contributed by atoms with Crippen molar-refractivity contribution in [3.8, 4) is 5.75 Å². The van der Waals surface area contributed by atoms with Gasteiger partial charge >= 0.3 is 5.69 Å². The third-order valence-electron chi connectivity index (χ3n) is 6.68. The molecule has 0 radical (unpaired) electrons. The monoisotopic (exact) mass is 497 g/mol. The number of nitrogens with zero attached hydrogens (tertiary/aromatic N) is 4. The highest BCUT2D eigenvalue weighted by Crippen LogP contribution is 2.36. The summed E-state index contributed by atoms with van der Waals surface area (Å²) in [7, 11) is 1.59. The number of methoxy groups -OCH3 is 1. The second-order valence-corrected chi connectivity index (χ2v) is 9.02. The number of amides is 1. The minimum Gasteiger partial charge on any atom is -0.496 e. The van der Waals surface area contributed by atoms with E-state index in [1.807, 2.05) is 77.7 Å². The topological polar surface area (TPSA) is 103 Å². The van der Waals surface area contributed by atoms with E-state index in [0.717, 1.165) is 22.4 Å². The van der Waals surface area contributed by atoms with Crippen LogP contribution in [0.25, 0.3) is 0 Å². The summed E-state index contributed by atoms with van der Waals surface area (Å²) >= 11 is 0. The molecule has 1 atom stereocenters. The van der Waals surface area contributed by atoms with Crippen molar-refractivity contribution in [2.24, 2.45) is 0 Å². The highest BCUT2D eigenvalue weighted by molar-refractivity contribution is 6.01.